The Morgan fingerprint density at radius 2 is 1.43 bits per heavy atom. The SMILES string of the molecule is CCO/C(=C/C=C/c1ccc(OC)cc1)c1ccc(OC)cc1. The highest BCUT2D eigenvalue weighted by molar-refractivity contribution is 5.64. The van der Waals surface area contributed by atoms with E-state index in [0.29, 0.717) is 6.61 Å². The standard InChI is InChI=1S/C20H22O3/c1-4-23-20(17-10-14-19(22-3)15-11-17)7-5-6-16-8-12-18(21-2)13-9-16/h5-15H,4H2,1-3H3/b6-5+,20-7+. The van der Waals surface area contributed by atoms with Crippen LogP contribution in [0, 0.1) is 0 Å². The van der Waals surface area contributed by atoms with E-state index in [9.17, 15) is 0 Å². The van der Waals surface area contributed by atoms with Crippen LogP contribution >= 0.6 is 0 Å². The summed E-state index contributed by atoms with van der Waals surface area (Å²) in [6.07, 6.45) is 5.98. The van der Waals surface area contributed by atoms with Gasteiger partial charge in [0.25, 0.3) is 0 Å². The molecule has 0 amide bonds. The maximum absolute atomic E-state index is 5.73. The summed E-state index contributed by atoms with van der Waals surface area (Å²) in [5.41, 5.74) is 2.12. The molecule has 0 aliphatic rings. The van der Waals surface area contributed by atoms with Crippen molar-refractivity contribution in [3.05, 3.63) is 71.8 Å². The van der Waals surface area contributed by atoms with Gasteiger partial charge in [-0.15, -0.1) is 0 Å². The molecule has 0 aliphatic heterocycles. The molecule has 0 saturated carbocycles. The molecule has 23 heavy (non-hydrogen) atoms. The van der Waals surface area contributed by atoms with Crippen molar-refractivity contribution >= 4 is 11.8 Å². The van der Waals surface area contributed by atoms with Crippen LogP contribution in [0.1, 0.15) is 18.1 Å². The Balaban J connectivity index is 2.14. The minimum absolute atomic E-state index is 0.619. The molecule has 0 fully saturated rings. The van der Waals surface area contributed by atoms with Crippen LogP contribution < -0.4 is 9.47 Å². The summed E-state index contributed by atoms with van der Waals surface area (Å²) in [5, 5.41) is 0. The highest BCUT2D eigenvalue weighted by Crippen LogP contribution is 2.20. The quantitative estimate of drug-likeness (QED) is 0.543. The number of benzene rings is 2. The Morgan fingerprint density at radius 3 is 1.96 bits per heavy atom. The average molecular weight is 310 g/mol. The highest BCUT2D eigenvalue weighted by atomic mass is 16.5. The second-order valence-corrected chi connectivity index (χ2v) is 4.82. The molecule has 2 aromatic carbocycles. The molecule has 0 bridgehead atoms. The van der Waals surface area contributed by atoms with Crippen molar-refractivity contribution in [3.8, 4) is 11.5 Å². The van der Waals surface area contributed by atoms with Gasteiger partial charge in [0.05, 0.1) is 20.8 Å². The van der Waals surface area contributed by atoms with Gasteiger partial charge in [0, 0.05) is 5.56 Å². The van der Waals surface area contributed by atoms with E-state index in [2.05, 4.69) is 0 Å². The Morgan fingerprint density at radius 1 is 0.870 bits per heavy atom. The van der Waals surface area contributed by atoms with E-state index in [4.69, 9.17) is 14.2 Å². The van der Waals surface area contributed by atoms with Crippen LogP contribution in [-0.2, 0) is 4.74 Å². The van der Waals surface area contributed by atoms with Gasteiger partial charge >= 0.3 is 0 Å². The normalized spacial score (nSPS) is 11.5. The fourth-order valence-electron chi connectivity index (χ4n) is 2.10. The summed E-state index contributed by atoms with van der Waals surface area (Å²) in [6, 6.07) is 15.7. The highest BCUT2D eigenvalue weighted by Gasteiger charge is 2.01. The van der Waals surface area contributed by atoms with Crippen molar-refractivity contribution in [3.63, 3.8) is 0 Å². The molecule has 0 unspecified atom stereocenters. The molecule has 0 N–H and O–H groups in total. The zero-order valence-electron chi connectivity index (χ0n) is 13.8. The Bertz CT molecular complexity index is 652. The zero-order valence-corrected chi connectivity index (χ0v) is 13.8. The topological polar surface area (TPSA) is 27.7 Å². The molecular formula is C20H22O3. The van der Waals surface area contributed by atoms with Crippen LogP contribution in [-0.4, -0.2) is 20.8 Å². The summed E-state index contributed by atoms with van der Waals surface area (Å²) < 4.78 is 16.1. The number of hydrogen-bond acceptors (Lipinski definition) is 3. The van der Waals surface area contributed by atoms with Crippen molar-refractivity contribution in [2.75, 3.05) is 20.8 Å². The van der Waals surface area contributed by atoms with Gasteiger partial charge in [-0.2, -0.15) is 0 Å². The van der Waals surface area contributed by atoms with Gasteiger partial charge in [0.2, 0.25) is 0 Å². The fraction of sp³-hybridized carbons (Fsp3) is 0.200. The number of allylic oxidation sites excluding steroid dienone is 2. The number of hydrogen-bond donors (Lipinski definition) is 0. The predicted molar refractivity (Wildman–Crippen MR) is 94.6 cm³/mol. The first-order valence-corrected chi connectivity index (χ1v) is 7.56. The van der Waals surface area contributed by atoms with Gasteiger partial charge in [-0.1, -0.05) is 24.3 Å². The lowest BCUT2D eigenvalue weighted by molar-refractivity contribution is 0.298. The van der Waals surface area contributed by atoms with E-state index < -0.39 is 0 Å². The zero-order chi connectivity index (χ0) is 16.5. The van der Waals surface area contributed by atoms with Crippen LogP contribution in [0.25, 0.3) is 11.8 Å². The molecular weight excluding hydrogens is 288 g/mol. The number of rotatable bonds is 7. The largest absolute Gasteiger partial charge is 0.497 e. The molecule has 2 rings (SSSR count). The molecule has 0 aliphatic carbocycles. The van der Waals surface area contributed by atoms with E-state index in [1.165, 1.54) is 0 Å². The van der Waals surface area contributed by atoms with Crippen LogP contribution in [0.2, 0.25) is 0 Å². The van der Waals surface area contributed by atoms with Crippen LogP contribution in [0.3, 0.4) is 0 Å². The third-order valence-corrected chi connectivity index (χ3v) is 3.33. The van der Waals surface area contributed by atoms with Gasteiger partial charge < -0.3 is 14.2 Å². The van der Waals surface area contributed by atoms with E-state index >= 15 is 0 Å². The third-order valence-electron chi connectivity index (χ3n) is 3.33. The average Bonchev–Trinajstić information content (AvgIpc) is 2.61. The molecule has 3 heteroatoms. The first kappa shape index (κ1) is 16.7. The summed E-state index contributed by atoms with van der Waals surface area (Å²) in [6.45, 7) is 2.60. The molecule has 0 spiro atoms. The minimum Gasteiger partial charge on any atom is -0.497 e. The summed E-state index contributed by atoms with van der Waals surface area (Å²) in [5.74, 6) is 2.52. The van der Waals surface area contributed by atoms with E-state index in [-0.39, 0.29) is 0 Å². The Labute approximate surface area is 137 Å². The first-order valence-electron chi connectivity index (χ1n) is 7.56. The van der Waals surface area contributed by atoms with Crippen molar-refractivity contribution in [2.45, 2.75) is 6.92 Å². The lowest BCUT2D eigenvalue weighted by Gasteiger charge is -2.09. The van der Waals surface area contributed by atoms with Crippen molar-refractivity contribution in [1.29, 1.82) is 0 Å². The predicted octanol–water partition coefficient (Wildman–Crippen LogP) is 4.79. The van der Waals surface area contributed by atoms with Gasteiger partial charge in [-0.05, 0) is 55.0 Å². The fourth-order valence-corrected chi connectivity index (χ4v) is 2.10. The van der Waals surface area contributed by atoms with Gasteiger partial charge in [-0.3, -0.25) is 0 Å². The van der Waals surface area contributed by atoms with Gasteiger partial charge in [0.15, 0.2) is 0 Å². The second-order valence-electron chi connectivity index (χ2n) is 4.82. The van der Waals surface area contributed by atoms with Crippen LogP contribution in [0.5, 0.6) is 11.5 Å². The molecule has 2 aromatic rings. The molecule has 0 heterocycles. The lowest BCUT2D eigenvalue weighted by atomic mass is 10.1. The summed E-state index contributed by atoms with van der Waals surface area (Å²) in [7, 11) is 3.32. The monoisotopic (exact) mass is 310 g/mol. The van der Waals surface area contributed by atoms with Gasteiger partial charge in [-0.25, -0.2) is 0 Å². The molecule has 0 radical (unpaired) electrons. The van der Waals surface area contributed by atoms with Crippen molar-refractivity contribution in [2.24, 2.45) is 0 Å². The Hall–Kier alpha value is -2.68. The first-order chi connectivity index (χ1) is 11.3. The van der Waals surface area contributed by atoms with E-state index in [1.54, 1.807) is 14.2 Å². The van der Waals surface area contributed by atoms with E-state index in [1.807, 2.05) is 73.7 Å². The van der Waals surface area contributed by atoms with Crippen LogP contribution in [0.4, 0.5) is 0 Å². The van der Waals surface area contributed by atoms with Crippen molar-refractivity contribution < 1.29 is 14.2 Å². The van der Waals surface area contributed by atoms with Crippen LogP contribution in [0.15, 0.2) is 60.7 Å². The molecule has 0 saturated heterocycles. The smallest absolute Gasteiger partial charge is 0.126 e. The molecule has 3 nitrogen and oxygen atoms in total. The molecule has 0 atom stereocenters. The second kappa shape index (κ2) is 8.69. The maximum Gasteiger partial charge on any atom is 0.126 e. The molecule has 120 valence electrons. The maximum atomic E-state index is 5.73. The third kappa shape index (κ3) is 4.92. The number of methoxy groups -OCH3 is 2. The minimum atomic E-state index is 0.619. The van der Waals surface area contributed by atoms with E-state index in [0.717, 1.165) is 28.4 Å². The van der Waals surface area contributed by atoms with Crippen molar-refractivity contribution in [1.82, 2.24) is 0 Å². The van der Waals surface area contributed by atoms with Gasteiger partial charge in [0.1, 0.15) is 17.3 Å². The Kier molecular flexibility index (Phi) is 6.30. The molecule has 0 aromatic heterocycles. The summed E-state index contributed by atoms with van der Waals surface area (Å²) >= 11 is 0. The lowest BCUT2D eigenvalue weighted by Crippen LogP contribution is -1.92. The number of ether oxygens (including phenoxy) is 3. The summed E-state index contributed by atoms with van der Waals surface area (Å²) in [4.78, 5) is 0.